The summed E-state index contributed by atoms with van der Waals surface area (Å²) in [5, 5.41) is 3.22. The van der Waals surface area contributed by atoms with Crippen LogP contribution in [0.1, 0.15) is 43.4 Å². The van der Waals surface area contributed by atoms with Crippen LogP contribution < -0.4 is 10.2 Å². The van der Waals surface area contributed by atoms with E-state index in [1.165, 1.54) is 19.3 Å². The maximum Gasteiger partial charge on any atom is 0.317 e. The predicted molar refractivity (Wildman–Crippen MR) is 94.0 cm³/mol. The number of fused-ring (bicyclic) bond motifs is 1. The van der Waals surface area contributed by atoms with Gasteiger partial charge in [-0.15, -0.1) is 0 Å². The van der Waals surface area contributed by atoms with E-state index >= 15 is 0 Å². The molecule has 24 heavy (non-hydrogen) atoms. The van der Waals surface area contributed by atoms with Gasteiger partial charge in [0.1, 0.15) is 12.1 Å². The van der Waals surface area contributed by atoms with Gasteiger partial charge in [0.15, 0.2) is 0 Å². The molecule has 1 saturated heterocycles. The second-order valence-corrected chi connectivity index (χ2v) is 6.92. The van der Waals surface area contributed by atoms with Crippen molar-refractivity contribution in [3.63, 3.8) is 0 Å². The topological polar surface area (TPSA) is 61.4 Å². The number of aromatic nitrogens is 2. The first-order valence-electron chi connectivity index (χ1n) is 9.12. The molecule has 0 aromatic carbocycles. The van der Waals surface area contributed by atoms with Crippen molar-refractivity contribution < 1.29 is 4.79 Å². The van der Waals surface area contributed by atoms with E-state index in [-0.39, 0.29) is 6.03 Å². The Hall–Kier alpha value is -2.11. The highest BCUT2D eigenvalue weighted by Gasteiger charge is 2.26. The molecule has 2 amide bonds. The zero-order valence-electron chi connectivity index (χ0n) is 14.1. The summed E-state index contributed by atoms with van der Waals surface area (Å²) in [5.41, 5.74) is 2.26. The first-order valence-corrected chi connectivity index (χ1v) is 9.12. The van der Waals surface area contributed by atoms with Crippen LogP contribution in [0.2, 0.25) is 0 Å². The fourth-order valence-electron chi connectivity index (χ4n) is 3.93. The first-order chi connectivity index (χ1) is 11.8. The van der Waals surface area contributed by atoms with Gasteiger partial charge in [0.25, 0.3) is 0 Å². The molecule has 3 aliphatic rings. The molecule has 1 aromatic rings. The van der Waals surface area contributed by atoms with E-state index in [0.29, 0.717) is 6.04 Å². The lowest BCUT2D eigenvalue weighted by molar-refractivity contribution is 0.186. The van der Waals surface area contributed by atoms with Crippen LogP contribution in [0, 0.1) is 0 Å². The number of hydrogen-bond donors (Lipinski definition) is 1. The molecule has 0 atom stereocenters. The lowest BCUT2D eigenvalue weighted by Gasteiger charge is -2.37. The van der Waals surface area contributed by atoms with Crippen molar-refractivity contribution in [2.24, 2.45) is 0 Å². The first kappa shape index (κ1) is 15.4. The number of carbonyl (C=O) groups is 1. The lowest BCUT2D eigenvalue weighted by atomic mass is 9.96. The normalized spacial score (nSPS) is 21.0. The molecule has 0 bridgehead atoms. The molecule has 1 saturated carbocycles. The second kappa shape index (κ2) is 6.79. The Balaban J connectivity index is 1.34. The summed E-state index contributed by atoms with van der Waals surface area (Å²) in [6.45, 7) is 3.16. The fourth-order valence-corrected chi connectivity index (χ4v) is 3.93. The summed E-state index contributed by atoms with van der Waals surface area (Å²) in [6, 6.07) is 0.480. The van der Waals surface area contributed by atoms with Crippen LogP contribution in [0.3, 0.4) is 0 Å². The minimum atomic E-state index is 0.106. The number of anilines is 1. The summed E-state index contributed by atoms with van der Waals surface area (Å²) in [4.78, 5) is 25.5. The molecule has 0 radical (unpaired) electrons. The van der Waals surface area contributed by atoms with Crippen molar-refractivity contribution in [2.45, 2.75) is 44.6 Å². The Labute approximate surface area is 143 Å². The van der Waals surface area contributed by atoms with Gasteiger partial charge in [-0.25, -0.2) is 14.8 Å². The number of piperazine rings is 1. The molecule has 2 heterocycles. The number of hydrogen-bond acceptors (Lipinski definition) is 4. The van der Waals surface area contributed by atoms with Crippen molar-refractivity contribution in [1.29, 1.82) is 0 Å². The standard InChI is InChI=1S/C18H25N5O/c24-18(21-14-5-2-1-3-6-14)23-11-9-22(10-12-23)17-15-7-4-8-16(15)19-13-20-17/h4,7,13-14H,1-3,5-6,8-12H2,(H,21,24). The van der Waals surface area contributed by atoms with Gasteiger partial charge in [0, 0.05) is 44.2 Å². The minimum absolute atomic E-state index is 0.106. The van der Waals surface area contributed by atoms with Gasteiger partial charge in [-0.05, 0) is 12.8 Å². The van der Waals surface area contributed by atoms with Crippen molar-refractivity contribution >= 4 is 17.9 Å². The highest BCUT2D eigenvalue weighted by Crippen LogP contribution is 2.27. The van der Waals surface area contributed by atoms with Gasteiger partial charge >= 0.3 is 6.03 Å². The zero-order valence-corrected chi connectivity index (χ0v) is 14.1. The highest BCUT2D eigenvalue weighted by atomic mass is 16.2. The molecular formula is C18H25N5O. The Morgan fingerprint density at radius 1 is 1.08 bits per heavy atom. The van der Waals surface area contributed by atoms with Crippen molar-refractivity contribution in [2.75, 3.05) is 31.1 Å². The van der Waals surface area contributed by atoms with Crippen LogP contribution in [0.5, 0.6) is 0 Å². The molecular weight excluding hydrogens is 302 g/mol. The highest BCUT2D eigenvalue weighted by molar-refractivity contribution is 5.75. The Morgan fingerprint density at radius 3 is 2.67 bits per heavy atom. The maximum absolute atomic E-state index is 12.5. The van der Waals surface area contributed by atoms with E-state index in [2.05, 4.69) is 32.3 Å². The Kier molecular flexibility index (Phi) is 4.36. The maximum atomic E-state index is 12.5. The Morgan fingerprint density at radius 2 is 1.88 bits per heavy atom. The number of amides is 2. The number of rotatable bonds is 2. The molecule has 4 rings (SSSR count). The minimum Gasteiger partial charge on any atom is -0.352 e. The predicted octanol–water partition coefficient (Wildman–Crippen LogP) is 2.21. The van der Waals surface area contributed by atoms with Gasteiger partial charge in [-0.3, -0.25) is 0 Å². The van der Waals surface area contributed by atoms with Crippen molar-refractivity contribution in [3.05, 3.63) is 23.7 Å². The number of nitrogens with one attached hydrogen (secondary N) is 1. The van der Waals surface area contributed by atoms with E-state index in [1.54, 1.807) is 6.33 Å². The molecule has 1 aliphatic heterocycles. The molecule has 6 heteroatoms. The third-order valence-electron chi connectivity index (χ3n) is 5.34. The third-order valence-corrected chi connectivity index (χ3v) is 5.34. The average Bonchev–Trinajstić information content (AvgIpc) is 3.11. The fraction of sp³-hybridized carbons (Fsp3) is 0.611. The monoisotopic (exact) mass is 327 g/mol. The number of allylic oxidation sites excluding steroid dienone is 1. The number of nitrogens with zero attached hydrogens (tertiary/aromatic N) is 4. The number of carbonyl (C=O) groups excluding carboxylic acids is 1. The van der Waals surface area contributed by atoms with Crippen LogP contribution in [-0.2, 0) is 6.42 Å². The third kappa shape index (κ3) is 3.09. The van der Waals surface area contributed by atoms with Crippen LogP contribution in [-0.4, -0.2) is 53.1 Å². The average molecular weight is 327 g/mol. The van der Waals surface area contributed by atoms with E-state index in [4.69, 9.17) is 0 Å². The van der Waals surface area contributed by atoms with Crippen LogP contribution >= 0.6 is 0 Å². The summed E-state index contributed by atoms with van der Waals surface area (Å²) in [7, 11) is 0. The number of urea groups is 1. The molecule has 1 N–H and O–H groups in total. The largest absolute Gasteiger partial charge is 0.352 e. The quantitative estimate of drug-likeness (QED) is 0.905. The van der Waals surface area contributed by atoms with E-state index < -0.39 is 0 Å². The van der Waals surface area contributed by atoms with Crippen molar-refractivity contribution in [3.8, 4) is 0 Å². The summed E-state index contributed by atoms with van der Waals surface area (Å²) >= 11 is 0. The van der Waals surface area contributed by atoms with Crippen LogP contribution in [0.4, 0.5) is 10.6 Å². The van der Waals surface area contributed by atoms with E-state index in [0.717, 1.165) is 62.5 Å². The lowest BCUT2D eigenvalue weighted by Crippen LogP contribution is -2.54. The molecule has 6 nitrogen and oxygen atoms in total. The molecule has 0 spiro atoms. The molecule has 2 fully saturated rings. The smallest absolute Gasteiger partial charge is 0.317 e. The molecule has 1 aromatic heterocycles. The molecule has 0 unspecified atom stereocenters. The van der Waals surface area contributed by atoms with Gasteiger partial charge in [-0.2, -0.15) is 0 Å². The summed E-state index contributed by atoms with van der Waals surface area (Å²) in [5.74, 6) is 1.01. The molecule has 2 aliphatic carbocycles. The summed E-state index contributed by atoms with van der Waals surface area (Å²) in [6.07, 6.45) is 12.9. The SMILES string of the molecule is O=C(NC1CCCCC1)N1CCN(c2ncnc3c2C=CC3)CC1. The second-order valence-electron chi connectivity index (χ2n) is 6.92. The van der Waals surface area contributed by atoms with E-state index in [9.17, 15) is 4.79 Å². The van der Waals surface area contributed by atoms with Crippen LogP contribution in [0.25, 0.3) is 6.08 Å². The Bertz CT molecular complexity index is 630. The zero-order chi connectivity index (χ0) is 16.4. The van der Waals surface area contributed by atoms with Crippen LogP contribution in [0.15, 0.2) is 12.4 Å². The molecule has 128 valence electrons. The summed E-state index contributed by atoms with van der Waals surface area (Å²) < 4.78 is 0. The van der Waals surface area contributed by atoms with E-state index in [1.807, 2.05) is 4.90 Å². The van der Waals surface area contributed by atoms with Gasteiger partial charge in [0.05, 0.1) is 5.69 Å². The van der Waals surface area contributed by atoms with Gasteiger partial charge in [0.2, 0.25) is 0 Å². The van der Waals surface area contributed by atoms with Crippen molar-refractivity contribution in [1.82, 2.24) is 20.2 Å². The van der Waals surface area contributed by atoms with Gasteiger partial charge in [-0.1, -0.05) is 31.4 Å². The van der Waals surface area contributed by atoms with Gasteiger partial charge < -0.3 is 15.1 Å².